The number of hydrogen-bond acceptors (Lipinski definition) is 4. The molecule has 106 valence electrons. The number of pyridine rings is 1. The summed E-state index contributed by atoms with van der Waals surface area (Å²) in [6.45, 7) is 0. The maximum absolute atomic E-state index is 11.7. The molecule has 1 aromatic heterocycles. The first-order chi connectivity index (χ1) is 9.40. The van der Waals surface area contributed by atoms with Crippen molar-refractivity contribution in [1.82, 2.24) is 4.98 Å². The van der Waals surface area contributed by atoms with Crippen LogP contribution in [0.5, 0.6) is 5.88 Å². The predicted molar refractivity (Wildman–Crippen MR) is 84.1 cm³/mol. The smallest absolute Gasteiger partial charge is 0.238 e. The van der Waals surface area contributed by atoms with Crippen LogP contribution in [0.25, 0.3) is 0 Å². The van der Waals surface area contributed by atoms with Gasteiger partial charge in [0.1, 0.15) is 0 Å². The number of halogens is 1. The van der Waals surface area contributed by atoms with Crippen LogP contribution >= 0.6 is 22.6 Å². The van der Waals surface area contributed by atoms with Crippen LogP contribution in [0.4, 0.5) is 0 Å². The van der Waals surface area contributed by atoms with Crippen molar-refractivity contribution in [2.75, 3.05) is 7.11 Å². The lowest BCUT2D eigenvalue weighted by atomic mass is 10.1. The van der Waals surface area contributed by atoms with Crippen molar-refractivity contribution < 1.29 is 13.2 Å². The standard InChI is InChI=1S/C13H13IN2O3S/c1-19-13-7-9(4-5-16-13)6-10-2-3-11(14)8-12(10)20(15,17)18/h2-5,7-8H,6H2,1H3,(H2,15,17,18). The Morgan fingerprint density at radius 2 is 2.05 bits per heavy atom. The molecule has 0 aliphatic rings. The second-order valence-electron chi connectivity index (χ2n) is 4.18. The van der Waals surface area contributed by atoms with E-state index in [2.05, 4.69) is 27.6 Å². The van der Waals surface area contributed by atoms with Gasteiger partial charge in [-0.15, -0.1) is 0 Å². The van der Waals surface area contributed by atoms with Crippen molar-refractivity contribution in [2.45, 2.75) is 11.3 Å². The van der Waals surface area contributed by atoms with Gasteiger partial charge in [-0.3, -0.25) is 0 Å². The molecule has 1 aromatic carbocycles. The number of rotatable bonds is 4. The molecule has 0 spiro atoms. The molecule has 0 saturated heterocycles. The first kappa shape index (κ1) is 15.2. The van der Waals surface area contributed by atoms with Crippen LogP contribution in [-0.2, 0) is 16.4 Å². The van der Waals surface area contributed by atoms with Crippen molar-refractivity contribution in [1.29, 1.82) is 0 Å². The Kier molecular flexibility index (Phi) is 4.61. The average molecular weight is 404 g/mol. The van der Waals surface area contributed by atoms with Crippen molar-refractivity contribution >= 4 is 32.6 Å². The van der Waals surface area contributed by atoms with Crippen LogP contribution in [0.1, 0.15) is 11.1 Å². The number of nitrogens with zero attached hydrogens (tertiary/aromatic N) is 1. The average Bonchev–Trinajstić information content (AvgIpc) is 2.40. The zero-order chi connectivity index (χ0) is 14.8. The lowest BCUT2D eigenvalue weighted by Crippen LogP contribution is -2.15. The summed E-state index contributed by atoms with van der Waals surface area (Å²) in [4.78, 5) is 4.17. The maximum Gasteiger partial charge on any atom is 0.238 e. The van der Waals surface area contributed by atoms with E-state index in [1.54, 1.807) is 24.4 Å². The van der Waals surface area contributed by atoms with E-state index in [0.717, 1.165) is 9.13 Å². The van der Waals surface area contributed by atoms with Gasteiger partial charge < -0.3 is 4.74 Å². The molecule has 0 saturated carbocycles. The highest BCUT2D eigenvalue weighted by Gasteiger charge is 2.15. The fourth-order valence-electron chi connectivity index (χ4n) is 1.83. The Balaban J connectivity index is 2.43. The van der Waals surface area contributed by atoms with Crippen LogP contribution in [0.2, 0.25) is 0 Å². The third-order valence-electron chi connectivity index (χ3n) is 2.74. The molecule has 2 aromatic rings. The monoisotopic (exact) mass is 404 g/mol. The number of sulfonamides is 1. The van der Waals surface area contributed by atoms with Crippen LogP contribution in [-0.4, -0.2) is 20.5 Å². The summed E-state index contributed by atoms with van der Waals surface area (Å²) in [6.07, 6.45) is 2.07. The first-order valence-corrected chi connectivity index (χ1v) is 8.33. The Labute approximate surface area is 131 Å². The second-order valence-corrected chi connectivity index (χ2v) is 6.96. The topological polar surface area (TPSA) is 82.3 Å². The summed E-state index contributed by atoms with van der Waals surface area (Å²) in [6, 6.07) is 8.78. The summed E-state index contributed by atoms with van der Waals surface area (Å²) in [5, 5.41) is 5.27. The number of hydrogen-bond donors (Lipinski definition) is 1. The van der Waals surface area contributed by atoms with Gasteiger partial charge in [0, 0.05) is 15.8 Å². The zero-order valence-electron chi connectivity index (χ0n) is 10.7. The lowest BCUT2D eigenvalue weighted by molar-refractivity contribution is 0.397. The second kappa shape index (κ2) is 6.06. The van der Waals surface area contributed by atoms with E-state index >= 15 is 0 Å². The number of benzene rings is 1. The molecular formula is C13H13IN2O3S. The zero-order valence-corrected chi connectivity index (χ0v) is 13.7. The summed E-state index contributed by atoms with van der Waals surface area (Å²) in [5.41, 5.74) is 1.56. The molecule has 0 amide bonds. The van der Waals surface area contributed by atoms with Gasteiger partial charge in [0.2, 0.25) is 15.9 Å². The first-order valence-electron chi connectivity index (χ1n) is 5.70. The maximum atomic E-state index is 11.7. The third kappa shape index (κ3) is 3.68. The largest absolute Gasteiger partial charge is 0.481 e. The van der Waals surface area contributed by atoms with Gasteiger partial charge in [-0.25, -0.2) is 18.5 Å². The summed E-state index contributed by atoms with van der Waals surface area (Å²) < 4.78 is 29.2. The molecule has 7 heteroatoms. The molecule has 1 heterocycles. The summed E-state index contributed by atoms with van der Waals surface area (Å²) in [5.74, 6) is 0.491. The predicted octanol–water partition coefficient (Wildman–Crippen LogP) is 1.93. The summed E-state index contributed by atoms with van der Waals surface area (Å²) >= 11 is 2.05. The molecule has 20 heavy (non-hydrogen) atoms. The van der Waals surface area contributed by atoms with Crippen molar-refractivity contribution in [2.24, 2.45) is 5.14 Å². The molecule has 0 fully saturated rings. The number of nitrogens with two attached hydrogens (primary N) is 1. The molecule has 0 unspecified atom stereocenters. The number of primary sulfonamides is 1. The Morgan fingerprint density at radius 3 is 2.70 bits per heavy atom. The highest BCUT2D eigenvalue weighted by molar-refractivity contribution is 14.1. The van der Waals surface area contributed by atoms with Crippen molar-refractivity contribution in [3.8, 4) is 5.88 Å². The quantitative estimate of drug-likeness (QED) is 0.790. The van der Waals surface area contributed by atoms with Crippen molar-refractivity contribution in [3.05, 3.63) is 51.2 Å². The van der Waals surface area contributed by atoms with Gasteiger partial charge in [0.25, 0.3) is 0 Å². The van der Waals surface area contributed by atoms with E-state index in [-0.39, 0.29) is 4.90 Å². The van der Waals surface area contributed by atoms with E-state index in [0.29, 0.717) is 17.9 Å². The fourth-order valence-corrected chi connectivity index (χ4v) is 3.33. The highest BCUT2D eigenvalue weighted by Crippen LogP contribution is 2.22. The van der Waals surface area contributed by atoms with Crippen molar-refractivity contribution in [3.63, 3.8) is 0 Å². The minimum atomic E-state index is -3.74. The highest BCUT2D eigenvalue weighted by atomic mass is 127. The molecule has 0 radical (unpaired) electrons. The Bertz CT molecular complexity index is 732. The van der Waals surface area contributed by atoms with Gasteiger partial charge in [-0.05, 0) is 58.3 Å². The molecule has 2 N–H and O–H groups in total. The minimum Gasteiger partial charge on any atom is -0.481 e. The fraction of sp³-hybridized carbons (Fsp3) is 0.154. The Hall–Kier alpha value is -1.19. The van der Waals surface area contributed by atoms with Crippen LogP contribution < -0.4 is 9.88 Å². The minimum absolute atomic E-state index is 0.153. The number of methoxy groups -OCH3 is 1. The molecule has 0 aliphatic carbocycles. The Morgan fingerprint density at radius 1 is 1.30 bits per heavy atom. The number of ether oxygens (including phenoxy) is 1. The molecule has 0 atom stereocenters. The van der Waals surface area contributed by atoms with Gasteiger partial charge in [-0.1, -0.05) is 6.07 Å². The van der Waals surface area contributed by atoms with Gasteiger partial charge >= 0.3 is 0 Å². The third-order valence-corrected chi connectivity index (χ3v) is 4.40. The van der Waals surface area contributed by atoms with E-state index < -0.39 is 10.0 Å². The van der Waals surface area contributed by atoms with Gasteiger partial charge in [0.15, 0.2) is 0 Å². The number of aromatic nitrogens is 1. The summed E-state index contributed by atoms with van der Waals surface area (Å²) in [7, 11) is -2.21. The molecular weight excluding hydrogens is 391 g/mol. The molecule has 0 bridgehead atoms. The van der Waals surface area contributed by atoms with Gasteiger partial charge in [0.05, 0.1) is 12.0 Å². The van der Waals surface area contributed by atoms with E-state index in [1.165, 1.54) is 7.11 Å². The van der Waals surface area contributed by atoms with E-state index in [1.807, 2.05) is 12.1 Å². The molecule has 2 rings (SSSR count). The van der Waals surface area contributed by atoms with E-state index in [9.17, 15) is 8.42 Å². The van der Waals surface area contributed by atoms with Crippen LogP contribution in [0.3, 0.4) is 0 Å². The molecule has 5 nitrogen and oxygen atoms in total. The SMILES string of the molecule is COc1cc(Cc2ccc(I)cc2S(N)(=O)=O)ccn1. The van der Waals surface area contributed by atoms with E-state index in [4.69, 9.17) is 9.88 Å². The lowest BCUT2D eigenvalue weighted by Gasteiger charge is -2.09. The van der Waals surface area contributed by atoms with Gasteiger partial charge in [-0.2, -0.15) is 0 Å². The molecule has 0 aliphatic heterocycles. The van der Waals surface area contributed by atoms with Crippen LogP contribution in [0.15, 0.2) is 41.4 Å². The normalized spacial score (nSPS) is 11.3. The van der Waals surface area contributed by atoms with Crippen LogP contribution in [0, 0.1) is 3.57 Å².